The maximum absolute atomic E-state index is 12.0. The number of rotatable bonds is 9. The normalized spacial score (nSPS) is 11.1. The van der Waals surface area contributed by atoms with Gasteiger partial charge < -0.3 is 10.4 Å². The number of carboxylic acids is 1. The molecule has 1 rings (SSSR count). The summed E-state index contributed by atoms with van der Waals surface area (Å²) in [5.74, 6) is -1.37. The van der Waals surface area contributed by atoms with Gasteiger partial charge in [0.2, 0.25) is 5.91 Å². The van der Waals surface area contributed by atoms with Crippen molar-refractivity contribution in [2.24, 2.45) is 0 Å². The molecule has 0 fully saturated rings. The van der Waals surface area contributed by atoms with Gasteiger partial charge in [-0.3, -0.25) is 9.59 Å². The van der Waals surface area contributed by atoms with E-state index in [1.54, 1.807) is 0 Å². The van der Waals surface area contributed by atoms with Crippen LogP contribution < -0.4 is 5.32 Å². The van der Waals surface area contributed by atoms with E-state index in [1.807, 2.05) is 0 Å². The number of halogens is 1. The van der Waals surface area contributed by atoms with Crippen molar-refractivity contribution in [3.8, 4) is 0 Å². The lowest BCUT2D eigenvalue weighted by Crippen LogP contribution is -2.28. The van der Waals surface area contributed by atoms with Crippen LogP contribution in [-0.4, -0.2) is 37.7 Å². The zero-order valence-corrected chi connectivity index (χ0v) is 13.5. The lowest BCUT2D eigenvalue weighted by molar-refractivity contribution is -0.137. The maximum Gasteiger partial charge on any atom is 0.303 e. The van der Waals surface area contributed by atoms with Gasteiger partial charge in [-0.1, -0.05) is 11.6 Å². The predicted octanol–water partition coefficient (Wildman–Crippen LogP) is 1.87. The fourth-order valence-electron chi connectivity index (χ4n) is 1.73. The molecule has 0 atom stereocenters. The van der Waals surface area contributed by atoms with Crippen molar-refractivity contribution >= 4 is 33.3 Å². The Morgan fingerprint density at radius 3 is 2.27 bits per heavy atom. The minimum atomic E-state index is -3.46. The highest BCUT2D eigenvalue weighted by molar-refractivity contribution is 7.91. The first-order valence-electron chi connectivity index (χ1n) is 6.78. The minimum absolute atomic E-state index is 0.0166. The van der Waals surface area contributed by atoms with Crippen molar-refractivity contribution in [3.05, 3.63) is 29.3 Å². The van der Waals surface area contributed by atoms with Gasteiger partial charge in [-0.2, -0.15) is 0 Å². The third-order valence-electron chi connectivity index (χ3n) is 2.91. The second-order valence-corrected chi connectivity index (χ2v) is 7.27. The summed E-state index contributed by atoms with van der Waals surface area (Å²) in [6.07, 6.45) is 1.10. The van der Waals surface area contributed by atoms with Crippen LogP contribution in [0.3, 0.4) is 0 Å². The predicted molar refractivity (Wildman–Crippen MR) is 82.6 cm³/mol. The van der Waals surface area contributed by atoms with Crippen LogP contribution in [0.25, 0.3) is 0 Å². The molecule has 0 saturated carbocycles. The largest absolute Gasteiger partial charge is 0.481 e. The van der Waals surface area contributed by atoms with E-state index in [2.05, 4.69) is 5.32 Å². The van der Waals surface area contributed by atoms with Crippen molar-refractivity contribution in [1.82, 2.24) is 5.32 Å². The number of nitrogens with one attached hydrogen (secondary N) is 1. The van der Waals surface area contributed by atoms with Gasteiger partial charge in [-0.25, -0.2) is 8.42 Å². The Morgan fingerprint density at radius 2 is 1.68 bits per heavy atom. The van der Waals surface area contributed by atoms with Gasteiger partial charge in [0.05, 0.1) is 10.6 Å². The van der Waals surface area contributed by atoms with Crippen molar-refractivity contribution in [2.45, 2.75) is 30.6 Å². The van der Waals surface area contributed by atoms with E-state index in [0.29, 0.717) is 17.9 Å². The molecule has 0 saturated heterocycles. The van der Waals surface area contributed by atoms with Gasteiger partial charge in [-0.05, 0) is 37.1 Å². The Morgan fingerprint density at radius 1 is 1.09 bits per heavy atom. The first-order valence-corrected chi connectivity index (χ1v) is 8.81. The third-order valence-corrected chi connectivity index (χ3v) is 4.89. The molecular formula is C14H18ClNO5S. The molecule has 0 aliphatic rings. The molecule has 0 aromatic heterocycles. The number of carboxylic acid groups (broad SMARTS) is 1. The van der Waals surface area contributed by atoms with Crippen LogP contribution in [0.2, 0.25) is 5.02 Å². The van der Waals surface area contributed by atoms with E-state index in [1.165, 1.54) is 24.3 Å². The lowest BCUT2D eigenvalue weighted by atomic mass is 10.2. The molecule has 0 heterocycles. The van der Waals surface area contributed by atoms with Crippen molar-refractivity contribution in [3.63, 3.8) is 0 Å². The van der Waals surface area contributed by atoms with Crippen LogP contribution in [-0.2, 0) is 19.4 Å². The fourth-order valence-corrected chi connectivity index (χ4v) is 3.02. The van der Waals surface area contributed by atoms with Crippen LogP contribution in [0.15, 0.2) is 29.2 Å². The van der Waals surface area contributed by atoms with Gasteiger partial charge in [0.15, 0.2) is 9.84 Å². The van der Waals surface area contributed by atoms with Gasteiger partial charge in [0.25, 0.3) is 0 Å². The highest BCUT2D eigenvalue weighted by Crippen LogP contribution is 2.15. The number of carbonyl (C=O) groups excluding carboxylic acids is 1. The van der Waals surface area contributed by atoms with Crippen molar-refractivity contribution in [1.29, 1.82) is 0 Å². The molecule has 1 amide bonds. The molecule has 0 aliphatic heterocycles. The number of aliphatic carboxylic acids is 1. The summed E-state index contributed by atoms with van der Waals surface area (Å²) in [6, 6.07) is 5.84. The highest BCUT2D eigenvalue weighted by atomic mass is 35.5. The average Bonchev–Trinajstić information content (AvgIpc) is 2.43. The van der Waals surface area contributed by atoms with Crippen LogP contribution >= 0.6 is 11.6 Å². The summed E-state index contributed by atoms with van der Waals surface area (Å²) < 4.78 is 24.0. The van der Waals surface area contributed by atoms with Crippen LogP contribution in [0, 0.1) is 0 Å². The number of benzene rings is 1. The second kappa shape index (κ2) is 8.75. The first-order chi connectivity index (χ1) is 10.3. The Hall–Kier alpha value is -1.60. The zero-order chi connectivity index (χ0) is 16.6. The maximum atomic E-state index is 12.0. The third kappa shape index (κ3) is 6.91. The number of hydrogen-bond acceptors (Lipinski definition) is 4. The molecule has 22 heavy (non-hydrogen) atoms. The molecular weight excluding hydrogens is 330 g/mol. The number of unbranched alkanes of at least 4 members (excludes halogenated alkanes) is 1. The molecule has 1 aromatic rings. The Labute approximate surface area is 134 Å². The molecule has 122 valence electrons. The van der Waals surface area contributed by atoms with E-state index in [4.69, 9.17) is 16.7 Å². The van der Waals surface area contributed by atoms with Crippen LogP contribution in [0.1, 0.15) is 25.7 Å². The first kappa shape index (κ1) is 18.4. The summed E-state index contributed by atoms with van der Waals surface area (Å²) in [4.78, 5) is 22.0. The average molecular weight is 348 g/mol. The number of amides is 1. The molecule has 8 heteroatoms. The SMILES string of the molecule is O=C(O)CCCCC(=O)NCCS(=O)(=O)c1ccc(Cl)cc1. The summed E-state index contributed by atoms with van der Waals surface area (Å²) in [5.41, 5.74) is 0. The smallest absolute Gasteiger partial charge is 0.303 e. The molecule has 0 unspecified atom stereocenters. The highest BCUT2D eigenvalue weighted by Gasteiger charge is 2.14. The Kier molecular flexibility index (Phi) is 7.34. The fraction of sp³-hybridized carbons (Fsp3) is 0.429. The zero-order valence-electron chi connectivity index (χ0n) is 11.9. The summed E-state index contributed by atoms with van der Waals surface area (Å²) in [7, 11) is -3.46. The van der Waals surface area contributed by atoms with Crippen molar-refractivity contribution in [2.75, 3.05) is 12.3 Å². The van der Waals surface area contributed by atoms with Crippen LogP contribution in [0.5, 0.6) is 0 Å². The standard InChI is InChI=1S/C14H18ClNO5S/c15-11-5-7-12(8-6-11)22(20,21)10-9-16-13(17)3-1-2-4-14(18)19/h5-8H,1-4,9-10H2,(H,16,17)(H,18,19). The monoisotopic (exact) mass is 347 g/mol. The summed E-state index contributed by atoms with van der Waals surface area (Å²) in [5, 5.41) is 11.4. The number of hydrogen-bond donors (Lipinski definition) is 2. The number of carbonyl (C=O) groups is 2. The second-order valence-electron chi connectivity index (χ2n) is 4.72. The van der Waals surface area contributed by atoms with Gasteiger partial charge in [-0.15, -0.1) is 0 Å². The number of sulfone groups is 1. The molecule has 6 nitrogen and oxygen atoms in total. The van der Waals surface area contributed by atoms with Gasteiger partial charge >= 0.3 is 5.97 Å². The lowest BCUT2D eigenvalue weighted by Gasteiger charge is -2.06. The Bertz CT molecular complexity index is 613. The van der Waals surface area contributed by atoms with E-state index in [9.17, 15) is 18.0 Å². The molecule has 0 radical (unpaired) electrons. The molecule has 0 spiro atoms. The van der Waals surface area contributed by atoms with Gasteiger partial charge in [0.1, 0.15) is 0 Å². The molecule has 2 N–H and O–H groups in total. The quantitative estimate of drug-likeness (QED) is 0.664. The summed E-state index contributed by atoms with van der Waals surface area (Å²) in [6.45, 7) is 0.0166. The topological polar surface area (TPSA) is 101 Å². The molecule has 0 bridgehead atoms. The van der Waals surface area contributed by atoms with Crippen molar-refractivity contribution < 1.29 is 23.1 Å². The summed E-state index contributed by atoms with van der Waals surface area (Å²) >= 11 is 5.70. The molecule has 1 aromatic carbocycles. The Balaban J connectivity index is 2.32. The van der Waals surface area contributed by atoms with Gasteiger partial charge in [0, 0.05) is 24.4 Å². The minimum Gasteiger partial charge on any atom is -0.481 e. The van der Waals surface area contributed by atoms with Crippen LogP contribution in [0.4, 0.5) is 0 Å². The molecule has 0 aliphatic carbocycles. The van der Waals surface area contributed by atoms with E-state index >= 15 is 0 Å². The van der Waals surface area contributed by atoms with E-state index in [0.717, 1.165) is 0 Å². The van der Waals surface area contributed by atoms with E-state index < -0.39 is 15.8 Å². The van der Waals surface area contributed by atoms with E-state index in [-0.39, 0.29) is 35.9 Å².